The Morgan fingerprint density at radius 3 is 0.557 bits per heavy atom. The first-order valence-electron chi connectivity index (χ1n) is 32.3. The Labute approximate surface area is 530 Å². The van der Waals surface area contributed by atoms with Crippen LogP contribution in [0.5, 0.6) is 23.0 Å². The van der Waals surface area contributed by atoms with Gasteiger partial charge in [0.15, 0.2) is 26.4 Å². The Morgan fingerprint density at radius 2 is 0.432 bits per heavy atom. The summed E-state index contributed by atoms with van der Waals surface area (Å²) in [5.41, 5.74) is 8.83. The van der Waals surface area contributed by atoms with Crippen molar-refractivity contribution in [2.75, 3.05) is 52.9 Å². The number of carbonyl (C=O) groups is 4. The number of benzene rings is 4. The van der Waals surface area contributed by atoms with Crippen LogP contribution < -0.4 is 18.9 Å². The van der Waals surface area contributed by atoms with E-state index >= 15 is 0 Å². The average molecular weight is 1220 g/mol. The first-order chi connectivity index (χ1) is 40.5. The fraction of sp³-hybridized carbons (Fsp3) is 0.632. The van der Waals surface area contributed by atoms with E-state index in [4.69, 9.17) is 37.9 Å². The van der Waals surface area contributed by atoms with Crippen LogP contribution >= 0.6 is 0 Å². The number of rotatable bonds is 24. The van der Waals surface area contributed by atoms with Crippen molar-refractivity contribution in [3.8, 4) is 23.0 Å². The third-order valence-corrected chi connectivity index (χ3v) is 16.1. The van der Waals surface area contributed by atoms with Crippen molar-refractivity contribution >= 4 is 23.9 Å². The van der Waals surface area contributed by atoms with Gasteiger partial charge in [-0.3, -0.25) is 0 Å². The van der Waals surface area contributed by atoms with E-state index in [1.165, 1.54) is 0 Å². The number of esters is 4. The molecule has 0 saturated heterocycles. The lowest BCUT2D eigenvalue weighted by Crippen LogP contribution is -2.27. The fourth-order valence-electron chi connectivity index (χ4n) is 14.2. The van der Waals surface area contributed by atoms with Crippen molar-refractivity contribution in [2.45, 2.75) is 239 Å². The summed E-state index contributed by atoms with van der Waals surface area (Å²) in [6.45, 7) is 51.7. The molecule has 4 aromatic rings. The van der Waals surface area contributed by atoms with Crippen LogP contribution in [0.3, 0.4) is 0 Å². The summed E-state index contributed by atoms with van der Waals surface area (Å²) < 4.78 is 50.0. The zero-order chi connectivity index (χ0) is 66.2. The van der Waals surface area contributed by atoms with E-state index in [0.717, 1.165) is 92.4 Å². The Morgan fingerprint density at radius 1 is 0.284 bits per heavy atom. The second kappa shape index (κ2) is 28.8. The highest BCUT2D eigenvalue weighted by molar-refractivity contribution is 5.73. The molecule has 8 bridgehead atoms. The normalized spacial score (nSPS) is 13.5. The zero-order valence-electron chi connectivity index (χ0n) is 58.8. The van der Waals surface area contributed by atoms with Crippen molar-refractivity contribution in [1.82, 2.24) is 0 Å². The molecule has 0 heterocycles. The van der Waals surface area contributed by atoms with E-state index in [9.17, 15) is 19.2 Å². The van der Waals surface area contributed by atoms with Crippen molar-refractivity contribution in [1.29, 1.82) is 0 Å². The molecule has 0 spiro atoms. The molecule has 0 fully saturated rings. The molecule has 12 heteroatoms. The summed E-state index contributed by atoms with van der Waals surface area (Å²) in [7, 11) is 0. The summed E-state index contributed by atoms with van der Waals surface area (Å²) in [5.74, 6) is -0.000963. The summed E-state index contributed by atoms with van der Waals surface area (Å²) in [4.78, 5) is 54.7. The van der Waals surface area contributed by atoms with E-state index in [1.54, 1.807) is 27.7 Å². The molecule has 5 rings (SSSR count). The lowest BCUT2D eigenvalue weighted by atomic mass is 9.70. The van der Waals surface area contributed by atoms with Crippen molar-refractivity contribution in [3.63, 3.8) is 0 Å². The first-order valence-corrected chi connectivity index (χ1v) is 32.3. The van der Waals surface area contributed by atoms with E-state index in [2.05, 4.69) is 187 Å². The Bertz CT molecular complexity index is 2580. The van der Waals surface area contributed by atoms with E-state index < -0.39 is 23.9 Å². The van der Waals surface area contributed by atoms with Gasteiger partial charge in [0, 0.05) is 25.7 Å². The highest BCUT2D eigenvalue weighted by atomic mass is 16.6. The van der Waals surface area contributed by atoms with E-state index in [-0.39, 0.29) is 122 Å². The molecule has 4 aromatic carbocycles. The SMILES string of the molecule is CCOC(=O)COc1c2cc(C(C)(C)CC(C)(C)C)cc1Cc1cc(C(C)(C)CC(C)(C)C)cc(c1OCC(=O)OCC)Cc1cc(C(C)(C)CC(C)(C)C)cc(c1OCC(=O)OCC)Cc1cc(C(C)(C)CC(C)(C)C)cc(c1OCC(=O)OCC)C2. The van der Waals surface area contributed by atoms with Gasteiger partial charge in [-0.1, -0.05) is 187 Å². The molecule has 88 heavy (non-hydrogen) atoms. The Kier molecular flexibility index (Phi) is 23.8. The van der Waals surface area contributed by atoms with Crippen LogP contribution in [0.2, 0.25) is 0 Å². The molecule has 1 aliphatic rings. The maximum Gasteiger partial charge on any atom is 0.344 e. The molecule has 0 atom stereocenters. The van der Waals surface area contributed by atoms with Gasteiger partial charge in [0.1, 0.15) is 23.0 Å². The van der Waals surface area contributed by atoms with Gasteiger partial charge in [-0.2, -0.15) is 0 Å². The summed E-state index contributed by atoms with van der Waals surface area (Å²) in [5, 5.41) is 0. The van der Waals surface area contributed by atoms with E-state index in [1.807, 2.05) is 0 Å². The molecular formula is C76H112O12. The van der Waals surface area contributed by atoms with Crippen LogP contribution in [-0.4, -0.2) is 76.7 Å². The maximum absolute atomic E-state index is 13.7. The van der Waals surface area contributed by atoms with Crippen LogP contribution in [0, 0.1) is 21.7 Å². The molecule has 0 aliphatic heterocycles. The number of hydrogen-bond donors (Lipinski definition) is 0. The summed E-state index contributed by atoms with van der Waals surface area (Å²) in [6.07, 6.45) is 4.33. The smallest absolute Gasteiger partial charge is 0.344 e. The van der Waals surface area contributed by atoms with Gasteiger partial charge in [0.05, 0.1) is 26.4 Å². The van der Waals surface area contributed by atoms with E-state index in [0.29, 0.717) is 23.0 Å². The lowest BCUT2D eigenvalue weighted by molar-refractivity contribution is -0.146. The quantitative estimate of drug-likeness (QED) is 0.0429. The van der Waals surface area contributed by atoms with Gasteiger partial charge < -0.3 is 37.9 Å². The van der Waals surface area contributed by atoms with Gasteiger partial charge in [-0.25, -0.2) is 19.2 Å². The van der Waals surface area contributed by atoms with Gasteiger partial charge in [0.25, 0.3) is 0 Å². The molecule has 0 aromatic heterocycles. The predicted octanol–water partition coefficient (Wildman–Crippen LogP) is 17.0. The standard InChI is InChI=1S/C76H112O12/c1-25-81-61(77)41-85-65-49-29-51-35-58(74(19,20)46-70(8,9)10)37-53(66(51)86-42-62(78)82-26-2)31-55-39-60(76(23,24)48-72(14,15)16)40-56(68(55)88-44-64(80)84-28-4)32-54-38-59(75(21,22)47-71(11,12)13)36-52(67(54)87-43-63(79)83-27-3)30-50(65)34-57(33-49)73(17,18)45-69(5,6)7/h33-40H,25-32,41-48H2,1-24H3. The summed E-state index contributed by atoms with van der Waals surface area (Å²) >= 11 is 0. The molecular weight excluding hydrogens is 1100 g/mol. The van der Waals surface area contributed by atoms with Gasteiger partial charge in [-0.15, -0.1) is 0 Å². The lowest BCUT2D eigenvalue weighted by Gasteiger charge is -2.35. The third-order valence-electron chi connectivity index (χ3n) is 16.1. The third kappa shape index (κ3) is 21.0. The average Bonchev–Trinajstić information content (AvgIpc) is 1.35. The van der Waals surface area contributed by atoms with Crippen LogP contribution in [0.4, 0.5) is 0 Å². The monoisotopic (exact) mass is 1220 g/mol. The minimum absolute atomic E-state index is 0.0702. The topological polar surface area (TPSA) is 142 Å². The van der Waals surface area contributed by atoms with Crippen LogP contribution in [0.15, 0.2) is 48.5 Å². The molecule has 488 valence electrons. The van der Waals surface area contributed by atoms with Gasteiger partial charge in [0.2, 0.25) is 0 Å². The van der Waals surface area contributed by atoms with Crippen LogP contribution in [-0.2, 0) is 85.5 Å². The molecule has 0 radical (unpaired) electrons. The molecule has 1 aliphatic carbocycles. The highest BCUT2D eigenvalue weighted by Gasteiger charge is 2.36. The molecule has 0 unspecified atom stereocenters. The first kappa shape index (κ1) is 72.7. The largest absolute Gasteiger partial charge is 0.481 e. The number of hydrogen-bond acceptors (Lipinski definition) is 12. The second-order valence-corrected chi connectivity index (χ2v) is 32.1. The second-order valence-electron chi connectivity index (χ2n) is 32.1. The molecule has 0 amide bonds. The van der Waals surface area contributed by atoms with Crippen LogP contribution in [0.1, 0.15) is 259 Å². The molecule has 0 N–H and O–H groups in total. The molecule has 12 nitrogen and oxygen atoms in total. The molecule has 0 saturated carbocycles. The number of ether oxygens (including phenoxy) is 8. The van der Waals surface area contributed by atoms with Crippen molar-refractivity contribution in [2.24, 2.45) is 21.7 Å². The zero-order valence-corrected chi connectivity index (χ0v) is 58.8. The summed E-state index contributed by atoms with van der Waals surface area (Å²) in [6, 6.07) is 17.8. The predicted molar refractivity (Wildman–Crippen MR) is 354 cm³/mol. The van der Waals surface area contributed by atoms with Gasteiger partial charge in [-0.05, 0) is 163 Å². The number of carbonyl (C=O) groups excluding carboxylic acids is 4. The highest BCUT2D eigenvalue weighted by Crippen LogP contribution is 2.48. The van der Waals surface area contributed by atoms with Crippen molar-refractivity contribution in [3.05, 3.63) is 115 Å². The number of fused-ring (bicyclic) bond motifs is 8. The van der Waals surface area contributed by atoms with Crippen molar-refractivity contribution < 1.29 is 57.1 Å². The maximum atomic E-state index is 13.7. The fourth-order valence-corrected chi connectivity index (χ4v) is 14.2. The van der Waals surface area contributed by atoms with Gasteiger partial charge >= 0.3 is 23.9 Å². The van der Waals surface area contributed by atoms with Crippen LogP contribution in [0.25, 0.3) is 0 Å². The minimum atomic E-state index is -0.510. The Hall–Kier alpha value is -6.04. The minimum Gasteiger partial charge on any atom is -0.481 e. The Balaban J connectivity index is 2.19.